The Morgan fingerprint density at radius 1 is 0.644 bits per heavy atom. The summed E-state index contributed by atoms with van der Waals surface area (Å²) in [5.74, 6) is -3.38. The lowest BCUT2D eigenvalue weighted by Gasteiger charge is -2.38. The van der Waals surface area contributed by atoms with Gasteiger partial charge in [-0.15, -0.1) is 22.7 Å². The number of aromatic carboxylic acids is 1. The first-order chi connectivity index (χ1) is 50.0. The number of rotatable bonds is 18. The van der Waals surface area contributed by atoms with Crippen molar-refractivity contribution in [3.8, 4) is 22.3 Å². The molecule has 536 valence electrons. The third-order valence-electron chi connectivity index (χ3n) is 19.3. The standard InChI is InChI=1S/C40H40Cl2N6O4S.C35H28BrF3N6O5S/c1-5-52-38(50)34-33(44-36(37-43-16-19-53-37)45-35(34)31-15-12-28(41)20-32(31)42)23-46-17-18-47-30(21-46)22-48(39(47)51)29-13-8-26(9-14-29)25-6-10-27(11-7-25)40(3,4)24(2)49;1-50-34(48)29-28(41-31(32-40-8-11-51-32)42-30(29)24-6-3-19(37)13-25(24)36)17-43-9-10-44-21(15-43)16-45(35(44)49)20-4-7-23(27(39)14-20)22-5-2-18(33(46)47)12-26(22)38/h6-16,19-20,30,35H,5,17-18,21-23H2,1-4H3,(H,44,45);2-8,11-14,21,30H,9-10,15-17H2,1H3,(H,41,42)(H,46,47)/t30-,35-;21-,30-/m00/s1. The zero-order valence-electron chi connectivity index (χ0n) is 56.7. The second-order valence-electron chi connectivity index (χ2n) is 25.9. The van der Waals surface area contributed by atoms with Crippen molar-refractivity contribution in [1.82, 2.24) is 40.2 Å². The van der Waals surface area contributed by atoms with Gasteiger partial charge in [0.2, 0.25) is 0 Å². The van der Waals surface area contributed by atoms with Crippen LogP contribution in [0.15, 0.2) is 181 Å². The van der Waals surface area contributed by atoms with Crippen molar-refractivity contribution in [3.63, 3.8) is 0 Å². The Labute approximate surface area is 623 Å². The number of piperazine rings is 2. The fourth-order valence-electron chi connectivity index (χ4n) is 13.6. The molecule has 8 aromatic rings. The van der Waals surface area contributed by atoms with Crippen molar-refractivity contribution < 1.29 is 56.5 Å². The van der Waals surface area contributed by atoms with Crippen LogP contribution in [0.3, 0.4) is 0 Å². The number of carboxylic acid groups (broad SMARTS) is 1. The number of nitrogens with one attached hydrogen (secondary N) is 2. The fraction of sp³-hybridized carbons (Fsp3) is 0.280. The van der Waals surface area contributed by atoms with Gasteiger partial charge in [-0.1, -0.05) is 93.7 Å². The minimum Gasteiger partial charge on any atom is -0.478 e. The highest BCUT2D eigenvalue weighted by molar-refractivity contribution is 9.10. The van der Waals surface area contributed by atoms with E-state index in [1.165, 1.54) is 77.1 Å². The predicted molar refractivity (Wildman–Crippen MR) is 396 cm³/mol. The molecule has 6 aliphatic heterocycles. The van der Waals surface area contributed by atoms with E-state index in [0.717, 1.165) is 28.4 Å². The minimum absolute atomic E-state index is 0.0175. The van der Waals surface area contributed by atoms with Gasteiger partial charge in [0.05, 0.1) is 42.5 Å². The zero-order valence-corrected chi connectivity index (χ0v) is 61.4. The molecule has 6 aliphatic rings. The lowest BCUT2D eigenvalue weighted by molar-refractivity contribution is -0.139. The first-order valence-corrected chi connectivity index (χ1v) is 36.5. The Balaban J connectivity index is 0.000000185. The molecule has 14 rings (SSSR count). The number of fused-ring (bicyclic) bond motifs is 2. The summed E-state index contributed by atoms with van der Waals surface area (Å²) >= 11 is 19.2. The molecule has 0 unspecified atom stereocenters. The third-order valence-corrected chi connectivity index (χ3v) is 22.2. The largest absolute Gasteiger partial charge is 0.478 e. The SMILES string of the molecule is CCOC(=O)C1=C(CN2CCN3C(=O)N(c4ccc(-c5ccc(C(C)(C)C(C)=O)cc5)cc4)C[C@@H]3C2)NC(c2nccs2)=N[C@H]1c1ccc(Cl)cc1Cl.COC(=O)C1=C(CN2CCN3C(=O)N(c4ccc(-c5ccc(C(=O)O)cc5F)c(F)c4)C[C@@H]3C2)NC(c2nccs2)=N[C@H]1c1ccc(F)cc1Br. The van der Waals surface area contributed by atoms with Crippen molar-refractivity contribution in [2.45, 2.75) is 57.3 Å². The van der Waals surface area contributed by atoms with E-state index >= 15 is 4.39 Å². The van der Waals surface area contributed by atoms with Gasteiger partial charge in [-0.05, 0) is 117 Å². The van der Waals surface area contributed by atoms with Crippen LogP contribution in [0.1, 0.15) is 76.8 Å². The smallest absolute Gasteiger partial charge is 0.338 e. The highest BCUT2D eigenvalue weighted by atomic mass is 79.9. The van der Waals surface area contributed by atoms with E-state index in [0.29, 0.717) is 122 Å². The first-order valence-electron chi connectivity index (χ1n) is 33.2. The molecule has 0 radical (unpaired) electrons. The highest BCUT2D eigenvalue weighted by Crippen LogP contribution is 2.41. The number of carbonyl (C=O) groups is 6. The molecule has 4 fully saturated rings. The van der Waals surface area contributed by atoms with Crippen LogP contribution in [0.5, 0.6) is 0 Å². The summed E-state index contributed by atoms with van der Waals surface area (Å²) in [6.07, 6.45) is 3.36. The number of benzene rings is 6. The van der Waals surface area contributed by atoms with Crippen LogP contribution < -0.4 is 20.4 Å². The van der Waals surface area contributed by atoms with Gasteiger partial charge in [-0.25, -0.2) is 47.1 Å². The second kappa shape index (κ2) is 30.6. The van der Waals surface area contributed by atoms with Crippen LogP contribution in [-0.4, -0.2) is 173 Å². The molecule has 29 heteroatoms. The summed E-state index contributed by atoms with van der Waals surface area (Å²) in [5.41, 5.74) is 6.22. The molecule has 104 heavy (non-hydrogen) atoms. The number of Topliss-reactive ketones (excluding diaryl/α,β-unsaturated/α-hetero) is 1. The minimum atomic E-state index is -1.30. The normalized spacial score (nSPS) is 19.2. The number of carbonyl (C=O) groups excluding carboxylic acids is 5. The van der Waals surface area contributed by atoms with Crippen LogP contribution in [0.2, 0.25) is 10.0 Å². The predicted octanol–water partition coefficient (Wildman–Crippen LogP) is 13.4. The van der Waals surface area contributed by atoms with Gasteiger partial charge < -0.3 is 35.0 Å². The zero-order chi connectivity index (χ0) is 73.4. The molecule has 2 aromatic heterocycles. The summed E-state index contributed by atoms with van der Waals surface area (Å²) in [6, 6.07) is 30.6. The molecule has 6 aromatic carbocycles. The summed E-state index contributed by atoms with van der Waals surface area (Å²) in [4.78, 5) is 108. The van der Waals surface area contributed by atoms with Gasteiger partial charge in [0, 0.05) is 148 Å². The van der Waals surface area contributed by atoms with E-state index in [1.807, 2.05) is 77.6 Å². The number of amides is 4. The van der Waals surface area contributed by atoms with Crippen LogP contribution in [0.4, 0.5) is 34.1 Å². The van der Waals surface area contributed by atoms with Gasteiger partial charge in [0.15, 0.2) is 21.7 Å². The number of aliphatic imine (C=N–C) groups is 2. The molecule has 4 saturated heterocycles. The average molecular weight is 1550 g/mol. The van der Waals surface area contributed by atoms with Crippen molar-refractivity contribution in [3.05, 3.63) is 231 Å². The number of nitrogens with zero attached hydrogens (tertiary/aromatic N) is 10. The maximum atomic E-state index is 15.4. The second-order valence-corrected chi connectivity index (χ2v) is 29.4. The number of hydrogen-bond donors (Lipinski definition) is 3. The lowest BCUT2D eigenvalue weighted by atomic mass is 9.81. The number of ketones is 1. The molecule has 4 amide bonds. The number of carboxylic acids is 1. The summed E-state index contributed by atoms with van der Waals surface area (Å²) in [6.45, 7) is 11.9. The Hall–Kier alpha value is -9.61. The molecule has 21 nitrogen and oxygen atoms in total. The Kier molecular flexibility index (Phi) is 21.4. The van der Waals surface area contributed by atoms with E-state index in [2.05, 4.69) is 46.3 Å². The molecular formula is C75H68BrCl2F3N12O9S2. The molecule has 0 aliphatic carbocycles. The Morgan fingerprint density at radius 2 is 1.16 bits per heavy atom. The first kappa shape index (κ1) is 72.7. The molecule has 0 bridgehead atoms. The van der Waals surface area contributed by atoms with Crippen molar-refractivity contribution in [1.29, 1.82) is 0 Å². The number of hydrogen-bond acceptors (Lipinski definition) is 18. The number of aromatic nitrogens is 2. The van der Waals surface area contributed by atoms with Gasteiger partial charge in [-0.3, -0.25) is 34.4 Å². The van der Waals surface area contributed by atoms with E-state index < -0.39 is 52.9 Å². The number of urea groups is 2. The fourth-order valence-corrected chi connectivity index (χ4v) is 15.9. The highest BCUT2D eigenvalue weighted by Gasteiger charge is 2.45. The van der Waals surface area contributed by atoms with Crippen LogP contribution in [0.25, 0.3) is 22.3 Å². The number of thiazole rings is 2. The summed E-state index contributed by atoms with van der Waals surface area (Å²) in [5, 5.41) is 21.7. The molecular weight excluding hydrogens is 1480 g/mol. The molecule has 0 spiro atoms. The Bertz CT molecular complexity index is 4840. The lowest BCUT2D eigenvalue weighted by Crippen LogP contribution is -2.53. The summed E-state index contributed by atoms with van der Waals surface area (Å²) in [7, 11) is 1.28. The summed E-state index contributed by atoms with van der Waals surface area (Å²) < 4.78 is 55.4. The van der Waals surface area contributed by atoms with Gasteiger partial charge >= 0.3 is 30.0 Å². The number of anilines is 2. The monoisotopic (exact) mass is 1550 g/mol. The van der Waals surface area contributed by atoms with Crippen molar-refractivity contribution >= 4 is 121 Å². The molecule has 0 saturated carbocycles. The Morgan fingerprint density at radius 3 is 1.66 bits per heavy atom. The number of ether oxygens (including phenoxy) is 2. The van der Waals surface area contributed by atoms with Crippen LogP contribution in [-0.2, 0) is 29.3 Å². The molecule has 8 heterocycles. The van der Waals surface area contributed by atoms with Crippen molar-refractivity contribution in [2.24, 2.45) is 9.98 Å². The number of halogens is 6. The van der Waals surface area contributed by atoms with E-state index in [4.69, 9.17) is 47.8 Å². The van der Waals surface area contributed by atoms with E-state index in [9.17, 15) is 37.5 Å². The van der Waals surface area contributed by atoms with Crippen LogP contribution in [0, 0.1) is 17.5 Å². The van der Waals surface area contributed by atoms with E-state index in [-0.39, 0.29) is 71.9 Å². The van der Waals surface area contributed by atoms with Gasteiger partial charge in [-0.2, -0.15) is 0 Å². The van der Waals surface area contributed by atoms with Gasteiger partial charge in [0.25, 0.3) is 0 Å². The van der Waals surface area contributed by atoms with Crippen LogP contribution >= 0.6 is 61.8 Å². The number of esters is 2. The number of methoxy groups -OCH3 is 1. The topological polar surface area (TPSA) is 235 Å². The van der Waals surface area contributed by atoms with Crippen molar-refractivity contribution in [2.75, 3.05) is 89.0 Å². The maximum absolute atomic E-state index is 15.4. The third kappa shape index (κ3) is 14.9. The molecule has 3 N–H and O–H groups in total. The maximum Gasteiger partial charge on any atom is 0.338 e. The van der Waals surface area contributed by atoms with E-state index in [1.54, 1.807) is 60.8 Å². The number of amidine groups is 2. The van der Waals surface area contributed by atoms with Gasteiger partial charge in [0.1, 0.15) is 35.3 Å². The average Bonchev–Trinajstić information content (AvgIpc) is 1.16. The quantitative estimate of drug-likeness (QED) is 0.0678. The molecule has 4 atom stereocenters.